The summed E-state index contributed by atoms with van der Waals surface area (Å²) in [7, 11) is 0. The predicted molar refractivity (Wildman–Crippen MR) is 104 cm³/mol. The molecule has 0 radical (unpaired) electrons. The van der Waals surface area contributed by atoms with Gasteiger partial charge in [0.15, 0.2) is 0 Å². The van der Waals surface area contributed by atoms with E-state index >= 15 is 0 Å². The molecule has 2 saturated heterocycles. The number of halogens is 2. The van der Waals surface area contributed by atoms with Crippen LogP contribution in [0, 0.1) is 0 Å². The van der Waals surface area contributed by atoms with Gasteiger partial charge in [-0.2, -0.15) is 0 Å². The van der Waals surface area contributed by atoms with Crippen molar-refractivity contribution < 1.29 is 9.53 Å². The minimum absolute atomic E-state index is 0. The van der Waals surface area contributed by atoms with Crippen molar-refractivity contribution in [3.05, 3.63) is 23.9 Å². The summed E-state index contributed by atoms with van der Waals surface area (Å²) in [5, 5.41) is 6.32. The second-order valence-electron chi connectivity index (χ2n) is 6.43. The van der Waals surface area contributed by atoms with Crippen LogP contribution in [-0.2, 0) is 16.1 Å². The molecule has 6 nitrogen and oxygen atoms in total. The van der Waals surface area contributed by atoms with E-state index in [1.165, 1.54) is 6.42 Å². The molecule has 142 valence electrons. The number of hydrogen-bond donors (Lipinski definition) is 2. The summed E-state index contributed by atoms with van der Waals surface area (Å²) in [6.07, 6.45) is 4.93. The van der Waals surface area contributed by atoms with E-state index in [0.29, 0.717) is 19.0 Å². The van der Waals surface area contributed by atoms with E-state index in [-0.39, 0.29) is 36.8 Å². The third-order valence-corrected chi connectivity index (χ3v) is 4.46. The van der Waals surface area contributed by atoms with Crippen LogP contribution in [0.25, 0.3) is 0 Å². The number of amides is 1. The summed E-state index contributed by atoms with van der Waals surface area (Å²) in [6.45, 7) is 6.15. The molecule has 1 aromatic rings. The van der Waals surface area contributed by atoms with E-state index in [1.807, 2.05) is 18.3 Å². The molecule has 8 heteroatoms. The van der Waals surface area contributed by atoms with Gasteiger partial charge in [-0.1, -0.05) is 6.07 Å². The standard InChI is InChI=1S/C17H26N4O2.2ClH/c1-13-12-21(7-8-23-13)16-5-4-14(10-19-16)11-20-17(22)9-15-3-2-6-18-15;;/h4-5,10,13,15,18H,2-3,6-9,11-12H2,1H3,(H,20,22);2*1H. The number of pyridine rings is 1. The van der Waals surface area contributed by atoms with Gasteiger partial charge in [0, 0.05) is 38.3 Å². The van der Waals surface area contributed by atoms with E-state index in [0.717, 1.165) is 44.0 Å². The second-order valence-corrected chi connectivity index (χ2v) is 6.43. The molecule has 2 atom stereocenters. The van der Waals surface area contributed by atoms with Crippen LogP contribution < -0.4 is 15.5 Å². The molecule has 1 amide bonds. The third-order valence-electron chi connectivity index (χ3n) is 4.46. The molecule has 2 aliphatic rings. The first-order valence-corrected chi connectivity index (χ1v) is 8.52. The highest BCUT2D eigenvalue weighted by molar-refractivity contribution is 5.85. The first kappa shape index (κ1) is 22.0. The van der Waals surface area contributed by atoms with E-state index in [9.17, 15) is 4.79 Å². The number of hydrogen-bond acceptors (Lipinski definition) is 5. The fraction of sp³-hybridized carbons (Fsp3) is 0.647. The van der Waals surface area contributed by atoms with Crippen molar-refractivity contribution in [3.63, 3.8) is 0 Å². The molecule has 2 fully saturated rings. The van der Waals surface area contributed by atoms with Gasteiger partial charge in [0.05, 0.1) is 12.7 Å². The summed E-state index contributed by atoms with van der Waals surface area (Å²) >= 11 is 0. The smallest absolute Gasteiger partial charge is 0.221 e. The molecular formula is C17H28Cl2N4O2. The number of carbonyl (C=O) groups is 1. The van der Waals surface area contributed by atoms with Gasteiger partial charge in [0.25, 0.3) is 0 Å². The summed E-state index contributed by atoms with van der Waals surface area (Å²) in [6, 6.07) is 4.41. The lowest BCUT2D eigenvalue weighted by Crippen LogP contribution is -2.41. The Balaban J connectivity index is 0.00000156. The van der Waals surface area contributed by atoms with Gasteiger partial charge in [-0.3, -0.25) is 4.79 Å². The first-order chi connectivity index (χ1) is 11.2. The molecule has 25 heavy (non-hydrogen) atoms. The SMILES string of the molecule is CC1CN(c2ccc(CNC(=O)CC3CCCN3)cn2)CCO1.Cl.Cl. The van der Waals surface area contributed by atoms with Gasteiger partial charge in [-0.15, -0.1) is 24.8 Å². The number of anilines is 1. The maximum atomic E-state index is 11.9. The lowest BCUT2D eigenvalue weighted by atomic mass is 10.1. The zero-order chi connectivity index (χ0) is 16.1. The molecule has 0 aliphatic carbocycles. The quantitative estimate of drug-likeness (QED) is 0.803. The van der Waals surface area contributed by atoms with Crippen molar-refractivity contribution in [2.45, 2.75) is 44.9 Å². The van der Waals surface area contributed by atoms with E-state index in [1.54, 1.807) is 0 Å². The summed E-state index contributed by atoms with van der Waals surface area (Å²) in [5.74, 6) is 1.08. The molecule has 2 unspecified atom stereocenters. The minimum atomic E-state index is 0. The molecule has 1 aromatic heterocycles. The number of nitrogens with one attached hydrogen (secondary N) is 2. The second kappa shape index (κ2) is 10.8. The third kappa shape index (κ3) is 6.62. The van der Waals surface area contributed by atoms with E-state index < -0.39 is 0 Å². The van der Waals surface area contributed by atoms with Crippen molar-refractivity contribution in [2.75, 3.05) is 31.1 Å². The molecule has 0 aromatic carbocycles. The average Bonchev–Trinajstić information content (AvgIpc) is 3.06. The molecule has 3 heterocycles. The topological polar surface area (TPSA) is 66.5 Å². The Morgan fingerprint density at radius 2 is 2.28 bits per heavy atom. The minimum Gasteiger partial charge on any atom is -0.375 e. The van der Waals surface area contributed by atoms with Gasteiger partial charge < -0.3 is 20.3 Å². The molecule has 3 rings (SSSR count). The van der Waals surface area contributed by atoms with Crippen LogP contribution in [0.2, 0.25) is 0 Å². The van der Waals surface area contributed by atoms with Crippen molar-refractivity contribution >= 4 is 36.5 Å². The van der Waals surface area contributed by atoms with Gasteiger partial charge in [0.2, 0.25) is 5.91 Å². The number of ether oxygens (including phenoxy) is 1. The van der Waals surface area contributed by atoms with Crippen LogP contribution in [0.1, 0.15) is 31.7 Å². The monoisotopic (exact) mass is 390 g/mol. The molecule has 0 spiro atoms. The Bertz CT molecular complexity index is 524. The number of aromatic nitrogens is 1. The van der Waals surface area contributed by atoms with Crippen molar-refractivity contribution in [1.82, 2.24) is 15.6 Å². The molecular weight excluding hydrogens is 363 g/mol. The van der Waals surface area contributed by atoms with Gasteiger partial charge in [-0.05, 0) is 37.9 Å². The predicted octanol–water partition coefficient (Wildman–Crippen LogP) is 1.91. The van der Waals surface area contributed by atoms with Gasteiger partial charge in [0.1, 0.15) is 5.82 Å². The highest BCUT2D eigenvalue weighted by atomic mass is 35.5. The maximum absolute atomic E-state index is 11.9. The van der Waals surface area contributed by atoms with Crippen LogP contribution in [0.15, 0.2) is 18.3 Å². The van der Waals surface area contributed by atoms with Crippen LogP contribution in [-0.4, -0.2) is 49.3 Å². The highest BCUT2D eigenvalue weighted by Crippen LogP contribution is 2.15. The van der Waals surface area contributed by atoms with Gasteiger partial charge in [-0.25, -0.2) is 4.98 Å². The number of nitrogens with zero attached hydrogens (tertiary/aromatic N) is 2. The number of morpholine rings is 1. The first-order valence-electron chi connectivity index (χ1n) is 8.52. The summed E-state index contributed by atoms with van der Waals surface area (Å²) in [4.78, 5) is 18.7. The number of carbonyl (C=O) groups excluding carboxylic acids is 1. The number of rotatable bonds is 5. The van der Waals surface area contributed by atoms with E-state index in [2.05, 4.69) is 27.4 Å². The lowest BCUT2D eigenvalue weighted by Gasteiger charge is -2.32. The van der Waals surface area contributed by atoms with E-state index in [4.69, 9.17) is 4.74 Å². The van der Waals surface area contributed by atoms with Crippen LogP contribution in [0.3, 0.4) is 0 Å². The average molecular weight is 391 g/mol. The van der Waals surface area contributed by atoms with Crippen molar-refractivity contribution in [3.8, 4) is 0 Å². The Labute approximate surface area is 161 Å². The Morgan fingerprint density at radius 3 is 2.92 bits per heavy atom. The summed E-state index contributed by atoms with van der Waals surface area (Å²) in [5.41, 5.74) is 1.03. The Hall–Kier alpha value is -1.08. The summed E-state index contributed by atoms with van der Waals surface area (Å²) < 4.78 is 5.55. The molecule has 0 bridgehead atoms. The molecule has 2 N–H and O–H groups in total. The molecule has 0 saturated carbocycles. The largest absolute Gasteiger partial charge is 0.375 e. The normalized spacial score (nSPS) is 22.7. The molecule has 2 aliphatic heterocycles. The fourth-order valence-electron chi connectivity index (χ4n) is 3.16. The zero-order valence-electron chi connectivity index (χ0n) is 14.6. The maximum Gasteiger partial charge on any atom is 0.221 e. The Kier molecular flexibility index (Phi) is 9.50. The van der Waals surface area contributed by atoms with Gasteiger partial charge >= 0.3 is 0 Å². The lowest BCUT2D eigenvalue weighted by molar-refractivity contribution is -0.121. The van der Waals surface area contributed by atoms with Crippen LogP contribution in [0.4, 0.5) is 5.82 Å². The highest BCUT2D eigenvalue weighted by Gasteiger charge is 2.18. The fourth-order valence-corrected chi connectivity index (χ4v) is 3.16. The van der Waals surface area contributed by atoms with Crippen molar-refractivity contribution in [2.24, 2.45) is 0 Å². The van der Waals surface area contributed by atoms with Crippen molar-refractivity contribution in [1.29, 1.82) is 0 Å². The zero-order valence-corrected chi connectivity index (χ0v) is 16.2. The van der Waals surface area contributed by atoms with Crippen LogP contribution >= 0.6 is 24.8 Å². The van der Waals surface area contributed by atoms with Crippen LogP contribution in [0.5, 0.6) is 0 Å². The Morgan fingerprint density at radius 1 is 1.44 bits per heavy atom.